The highest BCUT2D eigenvalue weighted by Crippen LogP contribution is 2.23. The number of hydrogen-bond donors (Lipinski definition) is 0. The normalized spacial score (nSPS) is 10.9. The van der Waals surface area contributed by atoms with Crippen LogP contribution in [0.2, 0.25) is 0 Å². The summed E-state index contributed by atoms with van der Waals surface area (Å²) in [6.07, 6.45) is 1.92. The van der Waals surface area contributed by atoms with Gasteiger partial charge in [-0.25, -0.2) is 9.78 Å². The molecule has 2 aromatic rings. The molecule has 0 radical (unpaired) electrons. The van der Waals surface area contributed by atoms with Gasteiger partial charge < -0.3 is 4.74 Å². The summed E-state index contributed by atoms with van der Waals surface area (Å²) < 4.78 is 6.89. The molecule has 2 heterocycles. The second kappa shape index (κ2) is 3.66. The first kappa shape index (κ1) is 10.2. The summed E-state index contributed by atoms with van der Waals surface area (Å²) >= 11 is 1.37. The molecule has 0 aliphatic heterocycles. The van der Waals surface area contributed by atoms with Crippen LogP contribution in [-0.4, -0.2) is 22.0 Å². The summed E-state index contributed by atoms with van der Waals surface area (Å²) in [4.78, 5) is 17.4. The summed E-state index contributed by atoms with van der Waals surface area (Å²) in [5.74, 6) is -0.261. The molecule has 5 heteroatoms. The van der Waals surface area contributed by atoms with Crippen molar-refractivity contribution in [1.29, 1.82) is 0 Å². The average Bonchev–Trinajstić information content (AvgIpc) is 2.66. The molecule has 4 nitrogen and oxygen atoms in total. The molecule has 0 saturated carbocycles. The summed E-state index contributed by atoms with van der Waals surface area (Å²) in [6.45, 7) is 6.04. The fourth-order valence-electron chi connectivity index (χ4n) is 1.45. The van der Waals surface area contributed by atoms with Gasteiger partial charge in [-0.2, -0.15) is 0 Å². The number of rotatable bonds is 2. The maximum Gasteiger partial charge on any atom is 0.350 e. The molecular formula is C10H12N2O2S. The number of aromatic nitrogens is 2. The molecule has 0 saturated heterocycles. The Kier molecular flexibility index (Phi) is 2.48. The van der Waals surface area contributed by atoms with E-state index in [-0.39, 0.29) is 5.97 Å². The molecule has 15 heavy (non-hydrogen) atoms. The zero-order chi connectivity index (χ0) is 11.0. The fraction of sp³-hybridized carbons (Fsp3) is 0.400. The van der Waals surface area contributed by atoms with Crippen molar-refractivity contribution in [3.8, 4) is 0 Å². The fourth-order valence-corrected chi connectivity index (χ4v) is 2.50. The quantitative estimate of drug-likeness (QED) is 0.734. The standard InChI is InChI=1S/C10H12N2O2S/c1-4-14-9(13)8-7(3)12-5-6(2)11-10(12)15-8/h5H,4H2,1-3H3. The Morgan fingerprint density at radius 3 is 2.93 bits per heavy atom. The van der Waals surface area contributed by atoms with Crippen molar-refractivity contribution in [3.05, 3.63) is 22.5 Å². The van der Waals surface area contributed by atoms with Gasteiger partial charge in [0.1, 0.15) is 4.88 Å². The molecule has 2 aromatic heterocycles. The summed E-state index contributed by atoms with van der Waals surface area (Å²) in [5.41, 5.74) is 1.86. The van der Waals surface area contributed by atoms with Crippen molar-refractivity contribution >= 4 is 22.3 Å². The lowest BCUT2D eigenvalue weighted by molar-refractivity contribution is 0.0531. The zero-order valence-corrected chi connectivity index (χ0v) is 9.72. The van der Waals surface area contributed by atoms with Gasteiger partial charge >= 0.3 is 5.97 Å². The largest absolute Gasteiger partial charge is 0.462 e. The number of fused-ring (bicyclic) bond motifs is 1. The molecule has 0 amide bonds. The Balaban J connectivity index is 2.49. The van der Waals surface area contributed by atoms with Crippen molar-refractivity contribution in [3.63, 3.8) is 0 Å². The van der Waals surface area contributed by atoms with Crippen LogP contribution >= 0.6 is 11.3 Å². The SMILES string of the molecule is CCOC(=O)c1sc2nc(C)cn2c1C. The molecule has 0 aromatic carbocycles. The number of carbonyl (C=O) groups excluding carboxylic acids is 1. The van der Waals surface area contributed by atoms with E-state index in [1.807, 2.05) is 24.4 Å². The smallest absolute Gasteiger partial charge is 0.350 e. The van der Waals surface area contributed by atoms with Crippen molar-refractivity contribution in [2.75, 3.05) is 6.61 Å². The third-order valence-corrected chi connectivity index (χ3v) is 3.27. The van der Waals surface area contributed by atoms with E-state index in [1.165, 1.54) is 11.3 Å². The third-order valence-electron chi connectivity index (χ3n) is 2.14. The van der Waals surface area contributed by atoms with Crippen molar-refractivity contribution < 1.29 is 9.53 Å². The summed E-state index contributed by atoms with van der Waals surface area (Å²) in [7, 11) is 0. The predicted octanol–water partition coefficient (Wildman–Crippen LogP) is 2.19. The van der Waals surface area contributed by atoms with Gasteiger partial charge in [-0.05, 0) is 20.8 Å². The molecule has 0 unspecified atom stereocenters. The van der Waals surface area contributed by atoms with Crippen molar-refractivity contribution in [2.45, 2.75) is 20.8 Å². The first-order valence-corrected chi connectivity index (χ1v) is 5.57. The number of imidazole rings is 1. The van der Waals surface area contributed by atoms with Crippen LogP contribution in [0, 0.1) is 13.8 Å². The highest BCUT2D eigenvalue weighted by atomic mass is 32.1. The van der Waals surface area contributed by atoms with E-state index in [1.54, 1.807) is 6.92 Å². The van der Waals surface area contributed by atoms with Crippen LogP contribution in [0.25, 0.3) is 4.96 Å². The van der Waals surface area contributed by atoms with Crippen molar-refractivity contribution in [2.24, 2.45) is 0 Å². The molecule has 0 N–H and O–H groups in total. The minimum Gasteiger partial charge on any atom is -0.462 e. The molecule has 0 fully saturated rings. The van der Waals surface area contributed by atoms with Crippen molar-refractivity contribution in [1.82, 2.24) is 9.38 Å². The first-order valence-electron chi connectivity index (χ1n) is 4.75. The Bertz CT molecular complexity index is 513. The van der Waals surface area contributed by atoms with Crippen LogP contribution in [0.3, 0.4) is 0 Å². The van der Waals surface area contributed by atoms with Crippen LogP contribution in [0.4, 0.5) is 0 Å². The average molecular weight is 224 g/mol. The van der Waals surface area contributed by atoms with Crippen LogP contribution in [0.15, 0.2) is 6.20 Å². The van der Waals surface area contributed by atoms with E-state index in [0.717, 1.165) is 16.3 Å². The van der Waals surface area contributed by atoms with Crippen LogP contribution in [-0.2, 0) is 4.74 Å². The van der Waals surface area contributed by atoms with E-state index in [4.69, 9.17) is 4.74 Å². The second-order valence-electron chi connectivity index (χ2n) is 3.27. The highest BCUT2D eigenvalue weighted by Gasteiger charge is 2.17. The topological polar surface area (TPSA) is 43.6 Å². The van der Waals surface area contributed by atoms with Gasteiger partial charge in [0.15, 0.2) is 4.96 Å². The number of esters is 1. The van der Waals surface area contributed by atoms with Gasteiger partial charge in [0.05, 0.1) is 12.3 Å². The number of carbonyl (C=O) groups is 1. The van der Waals surface area contributed by atoms with Gasteiger partial charge in [0.25, 0.3) is 0 Å². The van der Waals surface area contributed by atoms with E-state index < -0.39 is 0 Å². The number of aryl methyl sites for hydroxylation is 2. The van der Waals surface area contributed by atoms with E-state index in [0.29, 0.717) is 11.5 Å². The maximum atomic E-state index is 11.6. The molecule has 80 valence electrons. The van der Waals surface area contributed by atoms with Gasteiger partial charge in [0, 0.05) is 11.9 Å². The molecule has 0 aliphatic carbocycles. The van der Waals surface area contributed by atoms with Crippen LogP contribution in [0.1, 0.15) is 28.0 Å². The summed E-state index contributed by atoms with van der Waals surface area (Å²) in [5, 5.41) is 0. The van der Waals surface area contributed by atoms with Gasteiger partial charge in [-0.1, -0.05) is 11.3 Å². The second-order valence-corrected chi connectivity index (χ2v) is 4.25. The number of thiazole rings is 1. The lowest BCUT2D eigenvalue weighted by atomic mass is 10.4. The number of nitrogens with zero attached hydrogens (tertiary/aromatic N) is 2. The zero-order valence-electron chi connectivity index (χ0n) is 8.90. The van der Waals surface area contributed by atoms with Gasteiger partial charge in [-0.3, -0.25) is 4.40 Å². The molecular weight excluding hydrogens is 212 g/mol. The van der Waals surface area contributed by atoms with E-state index >= 15 is 0 Å². The maximum absolute atomic E-state index is 11.6. The molecule has 0 spiro atoms. The van der Waals surface area contributed by atoms with E-state index in [2.05, 4.69) is 4.98 Å². The van der Waals surface area contributed by atoms with Gasteiger partial charge in [-0.15, -0.1) is 0 Å². The first-order chi connectivity index (χ1) is 7.13. The molecule has 0 atom stereocenters. The monoisotopic (exact) mass is 224 g/mol. The Hall–Kier alpha value is -1.36. The Morgan fingerprint density at radius 2 is 2.33 bits per heavy atom. The molecule has 0 bridgehead atoms. The minimum absolute atomic E-state index is 0.261. The number of hydrogen-bond acceptors (Lipinski definition) is 4. The Morgan fingerprint density at radius 1 is 1.60 bits per heavy atom. The van der Waals surface area contributed by atoms with Crippen LogP contribution in [0.5, 0.6) is 0 Å². The summed E-state index contributed by atoms with van der Waals surface area (Å²) in [6, 6.07) is 0. The minimum atomic E-state index is -0.261. The molecule has 0 aliphatic rings. The molecule has 2 rings (SSSR count). The van der Waals surface area contributed by atoms with E-state index in [9.17, 15) is 4.79 Å². The lowest BCUT2D eigenvalue weighted by Gasteiger charge is -1.98. The lowest BCUT2D eigenvalue weighted by Crippen LogP contribution is -2.04. The number of ether oxygens (including phenoxy) is 1. The Labute approximate surface area is 91.5 Å². The third kappa shape index (κ3) is 1.63. The predicted molar refractivity (Wildman–Crippen MR) is 58.5 cm³/mol. The van der Waals surface area contributed by atoms with Gasteiger partial charge in [0.2, 0.25) is 0 Å². The van der Waals surface area contributed by atoms with Crippen LogP contribution < -0.4 is 0 Å². The highest BCUT2D eigenvalue weighted by molar-refractivity contribution is 7.19.